The van der Waals surface area contributed by atoms with Gasteiger partial charge in [-0.15, -0.1) is 10.2 Å². The van der Waals surface area contributed by atoms with E-state index in [4.69, 9.17) is 4.42 Å². The van der Waals surface area contributed by atoms with Crippen molar-refractivity contribution >= 4 is 39.3 Å². The molecule has 0 bridgehead atoms. The Labute approximate surface area is 156 Å². The molecule has 2 N–H and O–H groups in total. The number of anilines is 1. The third-order valence-electron chi connectivity index (χ3n) is 3.32. The van der Waals surface area contributed by atoms with Gasteiger partial charge in [0.1, 0.15) is 5.75 Å². The first kappa shape index (κ1) is 17.5. The predicted octanol–water partition coefficient (Wildman–Crippen LogP) is 4.24. The average molecular weight is 420 g/mol. The molecule has 3 aromatic rings. The molecule has 0 saturated carbocycles. The predicted molar refractivity (Wildman–Crippen MR) is 99.6 cm³/mol. The molecule has 128 valence electrons. The first-order valence-electron chi connectivity index (χ1n) is 7.33. The molecule has 0 fully saturated rings. The summed E-state index contributed by atoms with van der Waals surface area (Å²) in [5, 5.41) is 20.5. The molecule has 0 atom stereocenters. The van der Waals surface area contributed by atoms with Crippen molar-refractivity contribution in [3.05, 3.63) is 52.5 Å². The van der Waals surface area contributed by atoms with Gasteiger partial charge in [-0.05, 0) is 58.7 Å². The maximum absolute atomic E-state index is 12.0. The van der Waals surface area contributed by atoms with Gasteiger partial charge >= 0.3 is 0 Å². The van der Waals surface area contributed by atoms with E-state index in [1.165, 1.54) is 0 Å². The van der Waals surface area contributed by atoms with Gasteiger partial charge in [0.25, 0.3) is 5.22 Å². The molecule has 1 aromatic heterocycles. The van der Waals surface area contributed by atoms with Crippen LogP contribution in [0.15, 0.2) is 56.6 Å². The number of thioether (sulfide) groups is 1. The molecule has 0 spiro atoms. The minimum Gasteiger partial charge on any atom is -0.508 e. The lowest BCUT2D eigenvalue weighted by molar-refractivity contribution is -0.113. The zero-order chi connectivity index (χ0) is 17.8. The summed E-state index contributed by atoms with van der Waals surface area (Å²) in [6.45, 7) is 1.77. The van der Waals surface area contributed by atoms with Crippen molar-refractivity contribution in [1.29, 1.82) is 0 Å². The lowest BCUT2D eigenvalue weighted by Gasteiger charge is -2.06. The number of phenolic OH excluding ortho intramolecular Hbond substituents is 1. The topological polar surface area (TPSA) is 88.3 Å². The number of carbonyl (C=O) groups is 1. The van der Waals surface area contributed by atoms with Crippen LogP contribution >= 0.6 is 27.7 Å². The van der Waals surface area contributed by atoms with Crippen LogP contribution in [-0.4, -0.2) is 27.0 Å². The maximum atomic E-state index is 12.0. The lowest BCUT2D eigenvalue weighted by Crippen LogP contribution is -2.14. The molecule has 1 heterocycles. The largest absolute Gasteiger partial charge is 0.508 e. The first-order valence-corrected chi connectivity index (χ1v) is 9.11. The second kappa shape index (κ2) is 7.71. The SMILES string of the molecule is Cc1cc(NC(=O)CSc2nnc(-c3ccccc3Br)o2)ccc1O. The van der Waals surface area contributed by atoms with E-state index in [0.29, 0.717) is 22.4 Å². The highest BCUT2D eigenvalue weighted by atomic mass is 79.9. The summed E-state index contributed by atoms with van der Waals surface area (Å²) >= 11 is 4.60. The van der Waals surface area contributed by atoms with E-state index >= 15 is 0 Å². The van der Waals surface area contributed by atoms with Crippen molar-refractivity contribution in [2.24, 2.45) is 0 Å². The second-order valence-corrected chi connectivity index (χ2v) is 6.97. The number of amides is 1. The molecule has 0 saturated heterocycles. The van der Waals surface area contributed by atoms with Crippen LogP contribution in [0.25, 0.3) is 11.5 Å². The minimum atomic E-state index is -0.198. The normalized spacial score (nSPS) is 10.6. The Morgan fingerprint density at radius 1 is 1.28 bits per heavy atom. The molecule has 25 heavy (non-hydrogen) atoms. The molecule has 0 radical (unpaired) electrons. The molecule has 0 aliphatic heterocycles. The first-order chi connectivity index (χ1) is 12.0. The van der Waals surface area contributed by atoms with Gasteiger partial charge in [-0.25, -0.2) is 0 Å². The fraction of sp³-hybridized carbons (Fsp3) is 0.118. The summed E-state index contributed by atoms with van der Waals surface area (Å²) in [5.74, 6) is 0.524. The highest BCUT2D eigenvalue weighted by Crippen LogP contribution is 2.29. The third kappa shape index (κ3) is 4.40. The van der Waals surface area contributed by atoms with Gasteiger partial charge < -0.3 is 14.8 Å². The Morgan fingerprint density at radius 2 is 2.08 bits per heavy atom. The summed E-state index contributed by atoms with van der Waals surface area (Å²) in [4.78, 5) is 12.0. The second-order valence-electron chi connectivity index (χ2n) is 5.19. The monoisotopic (exact) mass is 419 g/mol. The van der Waals surface area contributed by atoms with E-state index < -0.39 is 0 Å². The van der Waals surface area contributed by atoms with Crippen molar-refractivity contribution in [3.63, 3.8) is 0 Å². The Kier molecular flexibility index (Phi) is 5.40. The fourth-order valence-corrected chi connectivity index (χ4v) is 3.09. The molecular weight excluding hydrogens is 406 g/mol. The Hall–Kier alpha value is -2.32. The van der Waals surface area contributed by atoms with Crippen molar-refractivity contribution in [1.82, 2.24) is 10.2 Å². The van der Waals surface area contributed by atoms with E-state index in [2.05, 4.69) is 31.4 Å². The van der Waals surface area contributed by atoms with Gasteiger partial charge in [-0.3, -0.25) is 4.79 Å². The number of aromatic hydroxyl groups is 1. The highest BCUT2D eigenvalue weighted by molar-refractivity contribution is 9.10. The van der Waals surface area contributed by atoms with Crippen LogP contribution in [0.5, 0.6) is 5.75 Å². The van der Waals surface area contributed by atoms with Crippen molar-refractivity contribution < 1.29 is 14.3 Å². The van der Waals surface area contributed by atoms with E-state index in [0.717, 1.165) is 21.8 Å². The van der Waals surface area contributed by atoms with Crippen LogP contribution in [0.4, 0.5) is 5.69 Å². The van der Waals surface area contributed by atoms with E-state index in [9.17, 15) is 9.90 Å². The van der Waals surface area contributed by atoms with Gasteiger partial charge in [-0.2, -0.15) is 0 Å². The molecule has 0 aliphatic rings. The van der Waals surface area contributed by atoms with Crippen LogP contribution in [0, 0.1) is 6.92 Å². The molecule has 8 heteroatoms. The number of carbonyl (C=O) groups excluding carboxylic acids is 1. The summed E-state index contributed by atoms with van der Waals surface area (Å²) < 4.78 is 6.44. The van der Waals surface area contributed by atoms with Gasteiger partial charge in [0.15, 0.2) is 0 Å². The highest BCUT2D eigenvalue weighted by Gasteiger charge is 2.13. The number of nitrogens with one attached hydrogen (secondary N) is 1. The molecule has 2 aromatic carbocycles. The summed E-state index contributed by atoms with van der Waals surface area (Å²) in [7, 11) is 0. The van der Waals surface area contributed by atoms with Crippen molar-refractivity contribution in [2.45, 2.75) is 12.1 Å². The van der Waals surface area contributed by atoms with Crippen LogP contribution in [-0.2, 0) is 4.79 Å². The number of aryl methyl sites for hydroxylation is 1. The Bertz CT molecular complexity index is 914. The summed E-state index contributed by atoms with van der Waals surface area (Å²) in [6.07, 6.45) is 0. The number of rotatable bonds is 5. The van der Waals surface area contributed by atoms with Gasteiger partial charge in [-0.1, -0.05) is 23.9 Å². The van der Waals surface area contributed by atoms with Crippen LogP contribution in [0.3, 0.4) is 0 Å². The quantitative estimate of drug-likeness (QED) is 0.474. The fourth-order valence-electron chi connectivity index (χ4n) is 2.07. The van der Waals surface area contributed by atoms with E-state index in [1.54, 1.807) is 25.1 Å². The Balaban J connectivity index is 1.59. The summed E-state index contributed by atoms with van der Waals surface area (Å²) in [5.41, 5.74) is 2.12. The number of nitrogens with zero attached hydrogens (tertiary/aromatic N) is 2. The number of aromatic nitrogens is 2. The van der Waals surface area contributed by atoms with Gasteiger partial charge in [0, 0.05) is 10.2 Å². The van der Waals surface area contributed by atoms with Gasteiger partial charge in [0.2, 0.25) is 11.8 Å². The molecule has 0 unspecified atom stereocenters. The molecular formula is C17H14BrN3O3S. The Morgan fingerprint density at radius 3 is 2.84 bits per heavy atom. The number of phenols is 1. The standard InChI is InChI=1S/C17H14BrN3O3S/c1-10-8-11(6-7-14(10)22)19-15(23)9-25-17-21-20-16(24-17)12-4-2-3-5-13(12)18/h2-8,22H,9H2,1H3,(H,19,23). The molecule has 1 amide bonds. The number of benzene rings is 2. The number of halogens is 1. The third-order valence-corrected chi connectivity index (χ3v) is 4.83. The number of hydrogen-bond donors (Lipinski definition) is 2. The van der Waals surface area contributed by atoms with Crippen molar-refractivity contribution in [2.75, 3.05) is 11.1 Å². The van der Waals surface area contributed by atoms with Crippen LogP contribution < -0.4 is 5.32 Å². The molecule has 0 aliphatic carbocycles. The molecule has 3 rings (SSSR count). The maximum Gasteiger partial charge on any atom is 0.277 e. The zero-order valence-corrected chi connectivity index (χ0v) is 15.6. The average Bonchev–Trinajstić information content (AvgIpc) is 3.05. The smallest absolute Gasteiger partial charge is 0.277 e. The van der Waals surface area contributed by atoms with E-state index in [-0.39, 0.29) is 17.4 Å². The molecule has 6 nitrogen and oxygen atoms in total. The van der Waals surface area contributed by atoms with Crippen molar-refractivity contribution in [3.8, 4) is 17.2 Å². The summed E-state index contributed by atoms with van der Waals surface area (Å²) in [6, 6.07) is 12.4. The van der Waals surface area contributed by atoms with Crippen LogP contribution in [0.1, 0.15) is 5.56 Å². The number of hydrogen-bond acceptors (Lipinski definition) is 6. The zero-order valence-electron chi connectivity index (χ0n) is 13.2. The lowest BCUT2D eigenvalue weighted by atomic mass is 10.2. The van der Waals surface area contributed by atoms with Crippen LogP contribution in [0.2, 0.25) is 0 Å². The minimum absolute atomic E-state index is 0.136. The van der Waals surface area contributed by atoms with E-state index in [1.807, 2.05) is 24.3 Å². The van der Waals surface area contributed by atoms with Gasteiger partial charge in [0.05, 0.1) is 11.3 Å².